The van der Waals surface area contributed by atoms with E-state index in [1.54, 1.807) is 13.1 Å². The molecule has 0 fully saturated rings. The van der Waals surface area contributed by atoms with Crippen molar-refractivity contribution in [2.45, 2.75) is 26.3 Å². The van der Waals surface area contributed by atoms with Gasteiger partial charge in [-0.25, -0.2) is 4.98 Å². The Bertz CT molecular complexity index is 756. The maximum absolute atomic E-state index is 5.68. The normalized spacial score (nSPS) is 11.9. The Balaban J connectivity index is 1.50. The Kier molecular flexibility index (Phi) is 5.05. The molecule has 0 saturated heterocycles. The number of aryl methyl sites for hydroxylation is 1. The third-order valence-electron chi connectivity index (χ3n) is 3.52. The maximum Gasteiger partial charge on any atom is 0.238 e. The van der Waals surface area contributed by atoms with Crippen LogP contribution in [0.5, 0.6) is 5.88 Å². The summed E-state index contributed by atoms with van der Waals surface area (Å²) in [7, 11) is 0. The number of rotatable bonds is 7. The molecule has 6 heteroatoms. The average Bonchev–Trinajstić information content (AvgIpc) is 3.04. The van der Waals surface area contributed by atoms with Gasteiger partial charge in [0.1, 0.15) is 6.04 Å². The fourth-order valence-corrected chi connectivity index (χ4v) is 2.27. The lowest BCUT2D eigenvalue weighted by Crippen LogP contribution is -2.08. The molecule has 0 aliphatic carbocycles. The van der Waals surface area contributed by atoms with Crippen LogP contribution < -0.4 is 10.1 Å². The molecule has 6 nitrogen and oxygen atoms in total. The molecule has 2 heterocycles. The number of aromatic nitrogens is 3. The van der Waals surface area contributed by atoms with Crippen molar-refractivity contribution in [1.29, 1.82) is 0 Å². The van der Waals surface area contributed by atoms with Crippen molar-refractivity contribution < 1.29 is 9.15 Å². The van der Waals surface area contributed by atoms with Gasteiger partial charge in [-0.05, 0) is 18.6 Å². The molecule has 0 unspecified atom stereocenters. The predicted octanol–water partition coefficient (Wildman–Crippen LogP) is 3.57. The van der Waals surface area contributed by atoms with Crippen LogP contribution >= 0.6 is 0 Å². The Morgan fingerprint density at radius 2 is 1.96 bits per heavy atom. The van der Waals surface area contributed by atoms with Crippen molar-refractivity contribution in [3.8, 4) is 5.88 Å². The Morgan fingerprint density at radius 3 is 2.62 bits per heavy atom. The van der Waals surface area contributed by atoms with E-state index in [0.29, 0.717) is 24.3 Å². The van der Waals surface area contributed by atoms with E-state index in [9.17, 15) is 0 Å². The third kappa shape index (κ3) is 4.32. The van der Waals surface area contributed by atoms with Crippen LogP contribution in [-0.4, -0.2) is 21.8 Å². The molecule has 24 heavy (non-hydrogen) atoms. The van der Waals surface area contributed by atoms with Crippen LogP contribution in [-0.2, 0) is 6.42 Å². The van der Waals surface area contributed by atoms with Crippen molar-refractivity contribution in [1.82, 2.24) is 15.2 Å². The molecule has 0 saturated carbocycles. The van der Waals surface area contributed by atoms with Gasteiger partial charge in [-0.3, -0.25) is 0 Å². The first-order valence-electron chi connectivity index (χ1n) is 7.90. The summed E-state index contributed by atoms with van der Waals surface area (Å²) in [6, 6.07) is 13.9. The zero-order chi connectivity index (χ0) is 16.8. The average molecular weight is 324 g/mol. The van der Waals surface area contributed by atoms with Crippen LogP contribution in [0.4, 0.5) is 5.69 Å². The van der Waals surface area contributed by atoms with E-state index in [4.69, 9.17) is 9.15 Å². The molecule has 2 aromatic heterocycles. The minimum absolute atomic E-state index is 0.0853. The third-order valence-corrected chi connectivity index (χ3v) is 3.52. The van der Waals surface area contributed by atoms with Crippen molar-refractivity contribution in [2.24, 2.45) is 0 Å². The highest BCUT2D eigenvalue weighted by Crippen LogP contribution is 2.19. The van der Waals surface area contributed by atoms with Crippen LogP contribution in [0.2, 0.25) is 0 Å². The van der Waals surface area contributed by atoms with Crippen molar-refractivity contribution >= 4 is 5.69 Å². The Morgan fingerprint density at radius 1 is 1.12 bits per heavy atom. The second kappa shape index (κ2) is 7.59. The summed E-state index contributed by atoms with van der Waals surface area (Å²) in [4.78, 5) is 4.31. The molecule has 0 radical (unpaired) electrons. The summed E-state index contributed by atoms with van der Waals surface area (Å²) in [5, 5.41) is 11.1. The van der Waals surface area contributed by atoms with E-state index in [1.165, 1.54) is 5.56 Å². The molecule has 3 aromatic rings. The smallest absolute Gasteiger partial charge is 0.238 e. The van der Waals surface area contributed by atoms with Gasteiger partial charge in [-0.1, -0.05) is 30.3 Å². The van der Waals surface area contributed by atoms with E-state index in [-0.39, 0.29) is 6.04 Å². The van der Waals surface area contributed by atoms with Gasteiger partial charge in [0.15, 0.2) is 0 Å². The quantitative estimate of drug-likeness (QED) is 0.716. The van der Waals surface area contributed by atoms with Gasteiger partial charge >= 0.3 is 0 Å². The molecule has 124 valence electrons. The highest BCUT2D eigenvalue weighted by Gasteiger charge is 2.12. The van der Waals surface area contributed by atoms with Crippen LogP contribution in [0.3, 0.4) is 0 Å². The summed E-state index contributed by atoms with van der Waals surface area (Å²) < 4.78 is 11.1. The van der Waals surface area contributed by atoms with E-state index < -0.39 is 0 Å². The van der Waals surface area contributed by atoms with Crippen LogP contribution in [0.15, 0.2) is 53.1 Å². The monoisotopic (exact) mass is 324 g/mol. The lowest BCUT2D eigenvalue weighted by Gasteiger charge is -2.11. The van der Waals surface area contributed by atoms with Crippen LogP contribution in [0.25, 0.3) is 0 Å². The van der Waals surface area contributed by atoms with Gasteiger partial charge in [-0.2, -0.15) is 0 Å². The van der Waals surface area contributed by atoms with Crippen molar-refractivity contribution in [3.05, 3.63) is 66.0 Å². The first-order valence-corrected chi connectivity index (χ1v) is 7.90. The molecular formula is C18H20N4O2. The highest BCUT2D eigenvalue weighted by molar-refractivity contribution is 5.43. The minimum Gasteiger partial charge on any atom is -0.477 e. The van der Waals surface area contributed by atoms with Crippen LogP contribution in [0.1, 0.15) is 30.3 Å². The maximum atomic E-state index is 5.68. The zero-order valence-electron chi connectivity index (χ0n) is 13.8. The molecule has 1 N–H and O–H groups in total. The SMILES string of the molecule is Cc1nnc([C@@H](C)Nc2ccc(OCCc3ccccc3)nc2)o1. The molecule has 1 aromatic carbocycles. The summed E-state index contributed by atoms with van der Waals surface area (Å²) in [6.07, 6.45) is 2.59. The number of ether oxygens (including phenoxy) is 1. The number of benzene rings is 1. The molecule has 1 atom stereocenters. The fourth-order valence-electron chi connectivity index (χ4n) is 2.27. The van der Waals surface area contributed by atoms with E-state index in [2.05, 4.69) is 32.6 Å². The first-order chi connectivity index (χ1) is 11.7. The lowest BCUT2D eigenvalue weighted by molar-refractivity contribution is 0.309. The molecular weight excluding hydrogens is 304 g/mol. The van der Waals surface area contributed by atoms with Gasteiger partial charge in [0, 0.05) is 19.4 Å². The van der Waals surface area contributed by atoms with Gasteiger partial charge in [-0.15, -0.1) is 10.2 Å². The van der Waals surface area contributed by atoms with Gasteiger partial charge in [0.05, 0.1) is 18.5 Å². The molecule has 0 spiro atoms. The predicted molar refractivity (Wildman–Crippen MR) is 91.0 cm³/mol. The van der Waals surface area contributed by atoms with Crippen molar-refractivity contribution in [3.63, 3.8) is 0 Å². The topological polar surface area (TPSA) is 73.1 Å². The van der Waals surface area contributed by atoms with Crippen LogP contribution in [0, 0.1) is 6.92 Å². The molecule has 0 aliphatic heterocycles. The second-order valence-electron chi connectivity index (χ2n) is 5.49. The molecule has 0 aliphatic rings. The molecule has 0 amide bonds. The largest absolute Gasteiger partial charge is 0.477 e. The number of hydrogen-bond acceptors (Lipinski definition) is 6. The summed E-state index contributed by atoms with van der Waals surface area (Å²) in [5.74, 6) is 1.72. The van der Waals surface area contributed by atoms with Gasteiger partial charge < -0.3 is 14.5 Å². The second-order valence-corrected chi connectivity index (χ2v) is 5.49. The number of hydrogen-bond donors (Lipinski definition) is 1. The number of anilines is 1. The summed E-state index contributed by atoms with van der Waals surface area (Å²) in [5.41, 5.74) is 2.12. The fraction of sp³-hybridized carbons (Fsp3) is 0.278. The standard InChI is InChI=1S/C18H20N4O2/c1-13(18-22-21-14(2)24-18)20-16-8-9-17(19-12-16)23-11-10-15-6-4-3-5-7-15/h3-9,12-13,20H,10-11H2,1-2H3/t13-/m1/s1. The summed E-state index contributed by atoms with van der Waals surface area (Å²) in [6.45, 7) is 4.32. The van der Waals surface area contributed by atoms with Gasteiger partial charge in [0.2, 0.25) is 17.7 Å². The zero-order valence-corrected chi connectivity index (χ0v) is 13.8. The first kappa shape index (κ1) is 16.0. The highest BCUT2D eigenvalue weighted by atomic mass is 16.5. The van der Waals surface area contributed by atoms with Crippen molar-refractivity contribution in [2.75, 3.05) is 11.9 Å². The number of nitrogens with zero attached hydrogens (tertiary/aromatic N) is 3. The summed E-state index contributed by atoms with van der Waals surface area (Å²) >= 11 is 0. The Labute approximate surface area is 140 Å². The molecule has 3 rings (SSSR count). The minimum atomic E-state index is -0.0853. The lowest BCUT2D eigenvalue weighted by atomic mass is 10.2. The Hall–Kier alpha value is -2.89. The van der Waals surface area contributed by atoms with E-state index in [0.717, 1.165) is 12.1 Å². The number of nitrogens with one attached hydrogen (secondary N) is 1. The van der Waals surface area contributed by atoms with Gasteiger partial charge in [0.25, 0.3) is 0 Å². The van der Waals surface area contributed by atoms with E-state index in [1.807, 2.05) is 37.3 Å². The molecule has 0 bridgehead atoms. The number of pyridine rings is 1. The van der Waals surface area contributed by atoms with E-state index >= 15 is 0 Å².